The van der Waals surface area contributed by atoms with Crippen molar-refractivity contribution in [2.75, 3.05) is 24.2 Å². The average Bonchev–Trinajstić information content (AvgIpc) is 2.79. The molecule has 0 amide bonds. The van der Waals surface area contributed by atoms with Crippen LogP contribution in [-0.2, 0) is 9.84 Å². The molecule has 3 unspecified atom stereocenters. The Kier molecular flexibility index (Phi) is 3.82. The zero-order chi connectivity index (χ0) is 14.2. The molecule has 2 heterocycles. The van der Waals surface area contributed by atoms with Crippen LogP contribution in [0.5, 0.6) is 0 Å². The molecule has 0 saturated carbocycles. The third kappa shape index (κ3) is 3.06. The number of hydrogen-bond acceptors (Lipinski definition) is 6. The monoisotopic (exact) mass is 287 g/mol. The number of hydrogen-bond donors (Lipinski definition) is 2. The van der Waals surface area contributed by atoms with E-state index in [4.69, 9.17) is 5.73 Å². The molecule has 1 fully saturated rings. The van der Waals surface area contributed by atoms with E-state index in [1.165, 1.54) is 6.26 Å². The molecule has 2 rings (SSSR count). The van der Waals surface area contributed by atoms with Gasteiger partial charge in [0.25, 0.3) is 0 Å². The maximum absolute atomic E-state index is 11.5. The third-order valence-corrected chi connectivity index (χ3v) is 5.33. The van der Waals surface area contributed by atoms with Crippen molar-refractivity contribution < 1.29 is 8.42 Å². The second-order valence-corrected chi connectivity index (χ2v) is 7.73. The zero-order valence-corrected chi connectivity index (χ0v) is 12.3. The predicted molar refractivity (Wildman–Crippen MR) is 73.6 cm³/mol. The normalized spacial score (nSPS) is 26.4. The van der Waals surface area contributed by atoms with Gasteiger partial charge in [-0.15, -0.1) is 5.10 Å². The molecular weight excluding hydrogens is 266 g/mol. The number of anilines is 1. The minimum Gasteiger partial charge on any atom is -0.338 e. The molecule has 19 heavy (non-hydrogen) atoms. The molecule has 8 heteroatoms. The molecule has 7 nitrogen and oxygen atoms in total. The topological polar surface area (TPSA) is 105 Å². The Hall–Kier alpha value is -1.15. The Bertz CT molecular complexity index is 541. The van der Waals surface area contributed by atoms with Crippen LogP contribution in [0.1, 0.15) is 31.3 Å². The minimum absolute atomic E-state index is 0.100. The van der Waals surface area contributed by atoms with Crippen molar-refractivity contribution in [3.05, 3.63) is 5.82 Å². The van der Waals surface area contributed by atoms with Crippen LogP contribution in [0.3, 0.4) is 0 Å². The largest absolute Gasteiger partial charge is 0.338 e. The lowest BCUT2D eigenvalue weighted by molar-refractivity contribution is 0.376. The highest BCUT2D eigenvalue weighted by molar-refractivity contribution is 7.90. The second-order valence-electron chi connectivity index (χ2n) is 5.37. The third-order valence-electron chi connectivity index (χ3n) is 3.82. The molecule has 0 aromatic carbocycles. The van der Waals surface area contributed by atoms with Crippen molar-refractivity contribution in [2.24, 2.45) is 11.7 Å². The molecule has 1 aliphatic rings. The molecular formula is C11H21N5O2S. The minimum atomic E-state index is -3.17. The Morgan fingerprint density at radius 2 is 2.21 bits per heavy atom. The number of piperidine rings is 1. The molecule has 3 N–H and O–H groups in total. The van der Waals surface area contributed by atoms with E-state index in [-0.39, 0.29) is 6.04 Å². The molecule has 0 aliphatic carbocycles. The first-order valence-corrected chi connectivity index (χ1v) is 8.36. The smallest absolute Gasteiger partial charge is 0.244 e. The van der Waals surface area contributed by atoms with Gasteiger partial charge in [-0.2, -0.15) is 4.98 Å². The number of nitrogens with two attached hydrogens (primary N) is 1. The van der Waals surface area contributed by atoms with Gasteiger partial charge in [0.1, 0.15) is 11.1 Å². The average molecular weight is 287 g/mol. The van der Waals surface area contributed by atoms with Crippen LogP contribution in [-0.4, -0.2) is 49.0 Å². The van der Waals surface area contributed by atoms with Crippen molar-refractivity contribution in [1.82, 2.24) is 15.2 Å². The molecule has 1 aromatic rings. The summed E-state index contributed by atoms with van der Waals surface area (Å²) in [6.07, 6.45) is 2.19. The Balaban J connectivity index is 2.14. The van der Waals surface area contributed by atoms with Crippen LogP contribution in [0.15, 0.2) is 0 Å². The van der Waals surface area contributed by atoms with Crippen LogP contribution in [0, 0.1) is 5.92 Å². The lowest BCUT2D eigenvalue weighted by atomic mass is 9.95. The number of nitrogens with zero attached hydrogens (tertiary/aromatic N) is 3. The quantitative estimate of drug-likeness (QED) is 0.816. The number of rotatable bonds is 3. The van der Waals surface area contributed by atoms with E-state index in [1.807, 2.05) is 4.90 Å². The van der Waals surface area contributed by atoms with Crippen molar-refractivity contribution in [2.45, 2.75) is 31.6 Å². The first-order chi connectivity index (χ1) is 8.79. The highest BCUT2D eigenvalue weighted by Gasteiger charge is 2.27. The first kappa shape index (κ1) is 14.3. The predicted octanol–water partition coefficient (Wildman–Crippen LogP) is 0.0838. The number of sulfone groups is 1. The van der Waals surface area contributed by atoms with Crippen molar-refractivity contribution in [1.29, 1.82) is 0 Å². The lowest BCUT2D eigenvalue weighted by Crippen LogP contribution is -2.48. The molecule has 108 valence electrons. The highest BCUT2D eigenvalue weighted by Crippen LogP contribution is 2.22. The molecule has 1 aliphatic heterocycles. The van der Waals surface area contributed by atoms with Gasteiger partial charge >= 0.3 is 0 Å². The fourth-order valence-corrected chi connectivity index (χ4v) is 2.58. The number of aromatic nitrogens is 3. The van der Waals surface area contributed by atoms with E-state index in [0.29, 0.717) is 24.2 Å². The van der Waals surface area contributed by atoms with E-state index >= 15 is 0 Å². The molecule has 3 atom stereocenters. The van der Waals surface area contributed by atoms with Crippen molar-refractivity contribution >= 4 is 15.8 Å². The standard InChI is InChI=1S/C11H21N5O2S/c1-7-4-5-16(6-9(7)12)11-13-10(14-15-11)8(2)19(3,17)18/h7-9H,4-6,12H2,1-3H3,(H,13,14,15). The van der Waals surface area contributed by atoms with Gasteiger partial charge in [-0.1, -0.05) is 6.92 Å². The van der Waals surface area contributed by atoms with Crippen LogP contribution in [0.4, 0.5) is 5.95 Å². The maximum Gasteiger partial charge on any atom is 0.244 e. The summed E-state index contributed by atoms with van der Waals surface area (Å²) in [6.45, 7) is 5.28. The number of H-pyrrole nitrogens is 1. The summed E-state index contributed by atoms with van der Waals surface area (Å²) < 4.78 is 23.0. The summed E-state index contributed by atoms with van der Waals surface area (Å²) in [5.74, 6) is 1.40. The maximum atomic E-state index is 11.5. The van der Waals surface area contributed by atoms with Gasteiger partial charge in [0.05, 0.1) is 0 Å². The number of aromatic amines is 1. The molecule has 1 saturated heterocycles. The van der Waals surface area contributed by atoms with E-state index in [2.05, 4.69) is 22.1 Å². The van der Waals surface area contributed by atoms with Crippen LogP contribution in [0.25, 0.3) is 0 Å². The van der Waals surface area contributed by atoms with Crippen LogP contribution in [0.2, 0.25) is 0 Å². The van der Waals surface area contributed by atoms with Gasteiger partial charge in [0.15, 0.2) is 9.84 Å². The van der Waals surface area contributed by atoms with Crippen LogP contribution >= 0.6 is 0 Å². The Morgan fingerprint density at radius 3 is 2.79 bits per heavy atom. The zero-order valence-electron chi connectivity index (χ0n) is 11.5. The van der Waals surface area contributed by atoms with E-state index in [1.54, 1.807) is 6.92 Å². The van der Waals surface area contributed by atoms with Gasteiger partial charge in [0.2, 0.25) is 5.95 Å². The Labute approximate surface area is 113 Å². The molecule has 0 bridgehead atoms. The number of nitrogens with one attached hydrogen (secondary N) is 1. The summed E-state index contributed by atoms with van der Waals surface area (Å²) in [4.78, 5) is 6.28. The van der Waals surface area contributed by atoms with Crippen molar-refractivity contribution in [3.8, 4) is 0 Å². The van der Waals surface area contributed by atoms with Crippen LogP contribution < -0.4 is 10.6 Å². The van der Waals surface area contributed by atoms with Gasteiger partial charge in [-0.25, -0.2) is 8.42 Å². The lowest BCUT2D eigenvalue weighted by Gasteiger charge is -2.34. The first-order valence-electron chi connectivity index (χ1n) is 6.40. The Morgan fingerprint density at radius 1 is 1.53 bits per heavy atom. The van der Waals surface area contributed by atoms with Crippen molar-refractivity contribution in [3.63, 3.8) is 0 Å². The van der Waals surface area contributed by atoms with Gasteiger partial charge in [0, 0.05) is 25.4 Å². The second kappa shape index (κ2) is 5.09. The van der Waals surface area contributed by atoms with E-state index < -0.39 is 15.1 Å². The summed E-state index contributed by atoms with van der Waals surface area (Å²) in [5.41, 5.74) is 6.04. The molecule has 0 radical (unpaired) electrons. The fraction of sp³-hybridized carbons (Fsp3) is 0.818. The summed E-state index contributed by atoms with van der Waals surface area (Å²) in [6, 6.07) is 0.100. The summed E-state index contributed by atoms with van der Waals surface area (Å²) in [5, 5.41) is 6.14. The molecule has 0 spiro atoms. The highest BCUT2D eigenvalue weighted by atomic mass is 32.2. The van der Waals surface area contributed by atoms with Gasteiger partial charge in [-0.05, 0) is 19.3 Å². The van der Waals surface area contributed by atoms with E-state index in [9.17, 15) is 8.42 Å². The summed E-state index contributed by atoms with van der Waals surface area (Å²) >= 11 is 0. The van der Waals surface area contributed by atoms with E-state index in [0.717, 1.165) is 13.0 Å². The fourth-order valence-electron chi connectivity index (χ4n) is 2.07. The summed E-state index contributed by atoms with van der Waals surface area (Å²) in [7, 11) is -3.17. The SMILES string of the molecule is CC1CCN(c2n[nH]c(C(C)S(C)(=O)=O)n2)CC1N. The van der Waals surface area contributed by atoms with Gasteiger partial charge in [-0.3, -0.25) is 5.10 Å². The van der Waals surface area contributed by atoms with Gasteiger partial charge < -0.3 is 10.6 Å². The molecule has 1 aromatic heterocycles.